The molecule has 15 heavy (non-hydrogen) atoms. The van der Waals surface area contributed by atoms with Crippen LogP contribution in [0.4, 0.5) is 0 Å². The van der Waals surface area contributed by atoms with Crippen LogP contribution in [0, 0.1) is 0 Å². The van der Waals surface area contributed by atoms with Crippen molar-refractivity contribution in [1.29, 1.82) is 0 Å². The number of rotatable bonds is 5. The summed E-state index contributed by atoms with van der Waals surface area (Å²) >= 11 is 3.50. The molecule has 0 radical (unpaired) electrons. The minimum Gasteiger partial charge on any atom is -0.329 e. The maximum atomic E-state index is 5.45. The molecule has 0 aliphatic carbocycles. The Bertz CT molecular complexity index is 310. The molecule has 3 N–H and O–H groups in total. The molecule has 84 valence electrons. The Morgan fingerprint density at radius 1 is 1.40 bits per heavy atom. The number of benzene rings is 1. The monoisotopic (exact) mass is 270 g/mol. The molecule has 0 fully saturated rings. The molecule has 0 bridgehead atoms. The highest BCUT2D eigenvalue weighted by molar-refractivity contribution is 9.10. The summed E-state index contributed by atoms with van der Waals surface area (Å²) in [5, 5.41) is 3.35. The summed E-state index contributed by atoms with van der Waals surface area (Å²) in [6.45, 7) is 6.98. The third-order valence-corrected chi connectivity index (χ3v) is 2.99. The third-order valence-electron chi connectivity index (χ3n) is 2.49. The van der Waals surface area contributed by atoms with Crippen LogP contribution in [-0.2, 0) is 5.41 Å². The van der Waals surface area contributed by atoms with Crippen molar-refractivity contribution in [3.05, 3.63) is 34.3 Å². The normalized spacial score (nSPS) is 11.7. The summed E-state index contributed by atoms with van der Waals surface area (Å²) in [7, 11) is 0. The molecule has 0 atom stereocenters. The van der Waals surface area contributed by atoms with Gasteiger partial charge in [0, 0.05) is 29.5 Å². The number of hydrogen-bond donors (Lipinski definition) is 2. The smallest absolute Gasteiger partial charge is 0.0178 e. The molecule has 0 aliphatic rings. The second-order valence-corrected chi connectivity index (χ2v) is 5.28. The van der Waals surface area contributed by atoms with E-state index < -0.39 is 0 Å². The molecule has 0 heterocycles. The fourth-order valence-electron chi connectivity index (χ4n) is 1.51. The minimum absolute atomic E-state index is 0.138. The Morgan fingerprint density at radius 3 is 2.73 bits per heavy atom. The van der Waals surface area contributed by atoms with Gasteiger partial charge in [0.15, 0.2) is 0 Å². The lowest BCUT2D eigenvalue weighted by Gasteiger charge is -2.26. The SMILES string of the molecule is CC(C)(CNCCN)c1cccc(Br)c1. The van der Waals surface area contributed by atoms with E-state index in [0.29, 0.717) is 6.54 Å². The summed E-state index contributed by atoms with van der Waals surface area (Å²) < 4.78 is 1.13. The molecular weight excluding hydrogens is 252 g/mol. The van der Waals surface area contributed by atoms with Crippen LogP contribution in [0.1, 0.15) is 19.4 Å². The molecule has 1 aromatic carbocycles. The predicted molar refractivity (Wildman–Crippen MR) is 69.1 cm³/mol. The first-order valence-corrected chi connectivity index (χ1v) is 6.02. The summed E-state index contributed by atoms with van der Waals surface area (Å²) in [5.41, 5.74) is 6.92. The number of nitrogens with two attached hydrogens (primary N) is 1. The van der Waals surface area contributed by atoms with E-state index in [9.17, 15) is 0 Å². The highest BCUT2D eigenvalue weighted by Gasteiger charge is 2.19. The lowest BCUT2D eigenvalue weighted by molar-refractivity contribution is 0.473. The Morgan fingerprint density at radius 2 is 2.13 bits per heavy atom. The molecule has 2 nitrogen and oxygen atoms in total. The first kappa shape index (κ1) is 12.7. The summed E-state index contributed by atoms with van der Waals surface area (Å²) in [6.07, 6.45) is 0. The molecule has 0 aliphatic heterocycles. The molecule has 0 saturated carbocycles. The van der Waals surface area contributed by atoms with Crippen LogP contribution in [0.15, 0.2) is 28.7 Å². The second-order valence-electron chi connectivity index (χ2n) is 4.36. The minimum atomic E-state index is 0.138. The van der Waals surface area contributed by atoms with Gasteiger partial charge in [0.1, 0.15) is 0 Å². The van der Waals surface area contributed by atoms with E-state index in [1.54, 1.807) is 0 Å². The quantitative estimate of drug-likeness (QED) is 0.806. The van der Waals surface area contributed by atoms with Crippen molar-refractivity contribution >= 4 is 15.9 Å². The molecule has 0 unspecified atom stereocenters. The largest absolute Gasteiger partial charge is 0.329 e. The van der Waals surface area contributed by atoms with Crippen molar-refractivity contribution in [1.82, 2.24) is 5.32 Å². The van der Waals surface area contributed by atoms with E-state index in [-0.39, 0.29) is 5.41 Å². The van der Waals surface area contributed by atoms with Gasteiger partial charge in [-0.25, -0.2) is 0 Å². The van der Waals surface area contributed by atoms with E-state index in [1.165, 1.54) is 5.56 Å². The maximum Gasteiger partial charge on any atom is 0.0178 e. The first-order chi connectivity index (χ1) is 7.06. The van der Waals surface area contributed by atoms with Crippen molar-refractivity contribution in [3.63, 3.8) is 0 Å². The Hall–Kier alpha value is -0.380. The van der Waals surface area contributed by atoms with Crippen LogP contribution < -0.4 is 11.1 Å². The van der Waals surface area contributed by atoms with E-state index in [4.69, 9.17) is 5.73 Å². The Balaban J connectivity index is 2.67. The highest BCUT2D eigenvalue weighted by Crippen LogP contribution is 2.24. The summed E-state index contributed by atoms with van der Waals surface area (Å²) in [4.78, 5) is 0. The van der Waals surface area contributed by atoms with Gasteiger partial charge in [-0.1, -0.05) is 41.9 Å². The third kappa shape index (κ3) is 3.93. The lowest BCUT2D eigenvalue weighted by Crippen LogP contribution is -2.35. The standard InChI is InChI=1S/C12H19BrN2/c1-12(2,9-15-7-6-14)10-4-3-5-11(13)8-10/h3-5,8,15H,6-7,9,14H2,1-2H3. The van der Waals surface area contributed by atoms with Gasteiger partial charge in [-0.05, 0) is 17.7 Å². The predicted octanol–water partition coefficient (Wildman–Crippen LogP) is 2.28. The summed E-state index contributed by atoms with van der Waals surface area (Å²) in [5.74, 6) is 0. The van der Waals surface area contributed by atoms with E-state index in [2.05, 4.69) is 53.3 Å². The van der Waals surface area contributed by atoms with E-state index in [1.807, 2.05) is 6.07 Å². The van der Waals surface area contributed by atoms with Gasteiger partial charge >= 0.3 is 0 Å². The van der Waals surface area contributed by atoms with Gasteiger partial charge < -0.3 is 11.1 Å². The van der Waals surface area contributed by atoms with Gasteiger partial charge in [-0.15, -0.1) is 0 Å². The van der Waals surface area contributed by atoms with Crippen molar-refractivity contribution in [3.8, 4) is 0 Å². The fourth-order valence-corrected chi connectivity index (χ4v) is 1.91. The van der Waals surface area contributed by atoms with Gasteiger partial charge in [-0.3, -0.25) is 0 Å². The number of halogens is 1. The molecular formula is C12H19BrN2. The van der Waals surface area contributed by atoms with Crippen molar-refractivity contribution in [2.24, 2.45) is 5.73 Å². The zero-order valence-corrected chi connectivity index (χ0v) is 11.0. The molecule has 0 aromatic heterocycles. The fraction of sp³-hybridized carbons (Fsp3) is 0.500. The molecule has 0 saturated heterocycles. The second kappa shape index (κ2) is 5.64. The van der Waals surface area contributed by atoms with Gasteiger partial charge in [0.05, 0.1) is 0 Å². The van der Waals surface area contributed by atoms with Gasteiger partial charge in [0.2, 0.25) is 0 Å². The zero-order valence-electron chi connectivity index (χ0n) is 9.39. The Kier molecular flexibility index (Phi) is 4.77. The topological polar surface area (TPSA) is 38.0 Å². The van der Waals surface area contributed by atoms with Crippen molar-refractivity contribution in [2.75, 3.05) is 19.6 Å². The highest BCUT2D eigenvalue weighted by atomic mass is 79.9. The van der Waals surface area contributed by atoms with E-state index >= 15 is 0 Å². The molecule has 3 heteroatoms. The van der Waals surface area contributed by atoms with Crippen LogP contribution in [0.25, 0.3) is 0 Å². The summed E-state index contributed by atoms with van der Waals surface area (Å²) in [6, 6.07) is 8.45. The first-order valence-electron chi connectivity index (χ1n) is 5.23. The average Bonchev–Trinajstić information content (AvgIpc) is 2.18. The average molecular weight is 271 g/mol. The molecule has 1 aromatic rings. The maximum absolute atomic E-state index is 5.45. The molecule has 1 rings (SSSR count). The number of hydrogen-bond acceptors (Lipinski definition) is 2. The van der Waals surface area contributed by atoms with Crippen LogP contribution >= 0.6 is 15.9 Å². The van der Waals surface area contributed by atoms with Gasteiger partial charge in [0.25, 0.3) is 0 Å². The van der Waals surface area contributed by atoms with E-state index in [0.717, 1.165) is 17.6 Å². The molecule has 0 spiro atoms. The van der Waals surface area contributed by atoms with Crippen molar-refractivity contribution < 1.29 is 0 Å². The van der Waals surface area contributed by atoms with Crippen LogP contribution in [-0.4, -0.2) is 19.6 Å². The Labute approximate surface area is 100 Å². The van der Waals surface area contributed by atoms with Crippen LogP contribution in [0.2, 0.25) is 0 Å². The number of nitrogens with one attached hydrogen (secondary N) is 1. The van der Waals surface area contributed by atoms with Crippen molar-refractivity contribution in [2.45, 2.75) is 19.3 Å². The lowest BCUT2D eigenvalue weighted by atomic mass is 9.84. The van der Waals surface area contributed by atoms with Gasteiger partial charge in [-0.2, -0.15) is 0 Å². The molecule has 0 amide bonds. The van der Waals surface area contributed by atoms with Crippen LogP contribution in [0.5, 0.6) is 0 Å². The zero-order chi connectivity index (χ0) is 11.3. The van der Waals surface area contributed by atoms with Crippen LogP contribution in [0.3, 0.4) is 0 Å².